The average Bonchev–Trinajstić information content (AvgIpc) is 2.70. The molecule has 0 unspecified atom stereocenters. The lowest BCUT2D eigenvalue weighted by Gasteiger charge is -2.27. The van der Waals surface area contributed by atoms with Gasteiger partial charge < -0.3 is 14.2 Å². The summed E-state index contributed by atoms with van der Waals surface area (Å²) in [7, 11) is 0. The number of halogens is 3. The molecule has 2 radical (unpaired) electrons. The Bertz CT molecular complexity index is 827. The highest BCUT2D eigenvalue weighted by atomic mass is 35.5. The number of ether oxygens (including phenoxy) is 3. The zero-order valence-electron chi connectivity index (χ0n) is 17.2. The summed E-state index contributed by atoms with van der Waals surface area (Å²) in [6.45, 7) is 9.64. The predicted molar refractivity (Wildman–Crippen MR) is 122 cm³/mol. The van der Waals surface area contributed by atoms with Crippen LogP contribution in [0.5, 0.6) is 11.5 Å². The molecule has 0 aromatic heterocycles. The van der Waals surface area contributed by atoms with E-state index in [9.17, 15) is 4.79 Å². The fourth-order valence-corrected chi connectivity index (χ4v) is 3.62. The molecule has 162 valence electrons. The maximum Gasteiger partial charge on any atom is 0.303 e. The number of esters is 1. The van der Waals surface area contributed by atoms with Gasteiger partial charge in [-0.15, -0.1) is 11.6 Å². The largest absolute Gasteiger partial charge is 0.490 e. The van der Waals surface area contributed by atoms with E-state index in [0.29, 0.717) is 28.2 Å². The van der Waals surface area contributed by atoms with Gasteiger partial charge in [-0.25, -0.2) is 0 Å². The van der Waals surface area contributed by atoms with Crippen LogP contribution in [0, 0.1) is 13.3 Å². The van der Waals surface area contributed by atoms with E-state index in [0.717, 1.165) is 11.1 Å². The van der Waals surface area contributed by atoms with Gasteiger partial charge in [0.05, 0.1) is 22.5 Å². The van der Waals surface area contributed by atoms with Crippen molar-refractivity contribution in [1.82, 2.24) is 0 Å². The van der Waals surface area contributed by atoms with Crippen molar-refractivity contribution in [3.63, 3.8) is 0 Å². The third-order valence-corrected chi connectivity index (χ3v) is 5.49. The Morgan fingerprint density at radius 2 is 1.70 bits per heavy atom. The molecule has 0 fully saturated rings. The first-order valence-corrected chi connectivity index (χ1v) is 10.7. The van der Waals surface area contributed by atoms with Crippen LogP contribution in [0.2, 0.25) is 10.0 Å². The maximum atomic E-state index is 11.1. The van der Waals surface area contributed by atoms with Gasteiger partial charge in [-0.1, -0.05) is 49.2 Å². The summed E-state index contributed by atoms with van der Waals surface area (Å²) in [4.78, 5) is 11.1. The fraction of sp³-hybridized carbons (Fsp3) is 0.348. The topological polar surface area (TPSA) is 44.8 Å². The molecule has 2 rings (SSSR count). The molecule has 0 spiro atoms. The molecule has 0 N–H and O–H groups in total. The van der Waals surface area contributed by atoms with Crippen LogP contribution in [-0.4, -0.2) is 31.2 Å². The monoisotopic (exact) mass is 470 g/mol. The summed E-state index contributed by atoms with van der Waals surface area (Å²) in [6.07, 6.45) is 1.14. The van der Waals surface area contributed by atoms with Crippen molar-refractivity contribution in [1.29, 1.82) is 0 Å². The van der Waals surface area contributed by atoms with Crippen molar-refractivity contribution in [2.24, 2.45) is 0 Å². The van der Waals surface area contributed by atoms with Crippen molar-refractivity contribution in [3.05, 3.63) is 70.9 Å². The Labute approximate surface area is 193 Å². The van der Waals surface area contributed by atoms with E-state index in [1.807, 2.05) is 36.4 Å². The number of hydrogen-bond acceptors (Lipinski definition) is 4. The minimum atomic E-state index is -0.494. The lowest BCUT2D eigenvalue weighted by Crippen LogP contribution is -2.25. The molecule has 0 aliphatic rings. The van der Waals surface area contributed by atoms with Crippen molar-refractivity contribution in [3.8, 4) is 11.5 Å². The van der Waals surface area contributed by atoms with Gasteiger partial charge >= 0.3 is 5.97 Å². The van der Waals surface area contributed by atoms with E-state index >= 15 is 0 Å². The van der Waals surface area contributed by atoms with Crippen LogP contribution in [0.1, 0.15) is 31.9 Å². The Balaban J connectivity index is 2.15. The second kappa shape index (κ2) is 11.1. The van der Waals surface area contributed by atoms with Crippen molar-refractivity contribution in [2.45, 2.75) is 32.3 Å². The molecule has 30 heavy (non-hydrogen) atoms. The number of carbonyl (C=O) groups is 1. The fourth-order valence-electron chi connectivity index (χ4n) is 2.87. The van der Waals surface area contributed by atoms with Gasteiger partial charge in [0.15, 0.2) is 5.75 Å². The minimum Gasteiger partial charge on any atom is -0.490 e. The van der Waals surface area contributed by atoms with Crippen LogP contribution in [0.15, 0.2) is 36.4 Å². The van der Waals surface area contributed by atoms with Gasteiger partial charge in [-0.05, 0) is 48.7 Å². The minimum absolute atomic E-state index is 0.165. The van der Waals surface area contributed by atoms with Crippen molar-refractivity contribution in [2.75, 3.05) is 19.1 Å². The molecule has 2 aromatic rings. The van der Waals surface area contributed by atoms with Crippen LogP contribution in [0.3, 0.4) is 0 Å². The zero-order chi connectivity index (χ0) is 22.3. The summed E-state index contributed by atoms with van der Waals surface area (Å²) < 4.78 is 16.3. The third-order valence-electron chi connectivity index (χ3n) is 4.58. The highest BCUT2D eigenvalue weighted by molar-refractivity contribution is 6.37. The molecular weight excluding hydrogens is 447 g/mol. The van der Waals surface area contributed by atoms with Gasteiger partial charge in [-0.3, -0.25) is 4.79 Å². The van der Waals surface area contributed by atoms with Crippen molar-refractivity contribution < 1.29 is 19.0 Å². The van der Waals surface area contributed by atoms with Crippen LogP contribution < -0.4 is 9.47 Å². The van der Waals surface area contributed by atoms with Gasteiger partial charge in [-0.2, -0.15) is 0 Å². The van der Waals surface area contributed by atoms with Gasteiger partial charge in [0, 0.05) is 12.3 Å². The Morgan fingerprint density at radius 3 is 2.20 bits per heavy atom. The van der Waals surface area contributed by atoms with Gasteiger partial charge in [0.25, 0.3) is 0 Å². The second-order valence-corrected chi connectivity index (χ2v) is 8.34. The summed E-state index contributed by atoms with van der Waals surface area (Å²) in [5.41, 5.74) is 1.64. The molecule has 0 heterocycles. The second-order valence-electron chi connectivity index (χ2n) is 7.21. The van der Waals surface area contributed by atoms with Gasteiger partial charge in [0.1, 0.15) is 18.5 Å². The smallest absolute Gasteiger partial charge is 0.303 e. The van der Waals surface area contributed by atoms with E-state index in [2.05, 4.69) is 20.8 Å². The SMILES string of the molecule is [CH2][CH]COc1c(Cl)cc(C(C)(C)c2ccc(OC[C@@H](CCl)OC(C)=O)cc2)cc1Cl. The molecule has 0 bridgehead atoms. The molecule has 0 aliphatic heterocycles. The molecule has 2 aromatic carbocycles. The number of rotatable bonds is 10. The number of benzene rings is 2. The molecular formula is C23H25Cl3O4. The van der Waals surface area contributed by atoms with Crippen molar-refractivity contribution >= 4 is 40.8 Å². The van der Waals surface area contributed by atoms with Crippen LogP contribution >= 0.6 is 34.8 Å². The molecule has 0 saturated heterocycles. The quantitative estimate of drug-likeness (QED) is 0.302. The molecule has 0 aliphatic carbocycles. The summed E-state index contributed by atoms with van der Waals surface area (Å²) in [5.74, 6) is 0.877. The standard InChI is InChI=1S/C23H25Cl3O4/c1-5-10-28-22-20(25)11-17(12-21(22)26)23(3,4)16-6-8-18(9-7-16)29-14-19(13-24)30-15(2)27/h5-9,11-12,19H,1,10,13-14H2,2-4H3/t19-/m1/s1. The number of hydrogen-bond donors (Lipinski definition) is 0. The van der Waals surface area contributed by atoms with E-state index < -0.39 is 6.10 Å². The molecule has 0 amide bonds. The van der Waals surface area contributed by atoms with Gasteiger partial charge in [0.2, 0.25) is 0 Å². The van der Waals surface area contributed by atoms with Crippen LogP contribution in [-0.2, 0) is 14.9 Å². The first-order chi connectivity index (χ1) is 14.2. The Morgan fingerprint density at radius 1 is 1.10 bits per heavy atom. The highest BCUT2D eigenvalue weighted by Gasteiger charge is 2.25. The number of carbonyl (C=O) groups excluding carboxylic acids is 1. The predicted octanol–water partition coefficient (Wildman–Crippen LogP) is 6.29. The first kappa shape index (κ1) is 24.6. The first-order valence-electron chi connectivity index (χ1n) is 9.38. The summed E-state index contributed by atoms with van der Waals surface area (Å²) in [6, 6.07) is 11.4. The van der Waals surface area contributed by atoms with E-state index in [1.54, 1.807) is 6.42 Å². The number of alkyl halides is 1. The maximum absolute atomic E-state index is 11.1. The van der Waals surface area contributed by atoms with Crippen LogP contribution in [0.25, 0.3) is 0 Å². The van der Waals surface area contributed by atoms with E-state index in [1.165, 1.54) is 6.92 Å². The third kappa shape index (κ3) is 6.44. The lowest BCUT2D eigenvalue weighted by molar-refractivity contribution is -0.146. The summed E-state index contributed by atoms with van der Waals surface area (Å²) in [5, 5.41) is 0.898. The molecule has 7 heteroatoms. The zero-order valence-corrected chi connectivity index (χ0v) is 19.5. The Hall–Kier alpha value is -1.62. The Kier molecular flexibility index (Phi) is 9.14. The molecule has 4 nitrogen and oxygen atoms in total. The average molecular weight is 472 g/mol. The molecule has 0 saturated carbocycles. The summed E-state index contributed by atoms with van der Waals surface area (Å²) >= 11 is 18.6. The normalized spacial score (nSPS) is 12.4. The molecule has 1 atom stereocenters. The lowest BCUT2D eigenvalue weighted by atomic mass is 9.78. The van der Waals surface area contributed by atoms with Crippen LogP contribution in [0.4, 0.5) is 0 Å². The van der Waals surface area contributed by atoms with E-state index in [-0.39, 0.29) is 23.9 Å². The van der Waals surface area contributed by atoms with E-state index in [4.69, 9.17) is 49.0 Å². The highest BCUT2D eigenvalue weighted by Crippen LogP contribution is 2.40.